The quantitative estimate of drug-likeness (QED) is 0.500. The van der Waals surface area contributed by atoms with Gasteiger partial charge in [0.05, 0.1) is 0 Å². The summed E-state index contributed by atoms with van der Waals surface area (Å²) in [5, 5.41) is 0. The Morgan fingerprint density at radius 1 is 0.806 bits per heavy atom. The molecule has 1 atom stereocenters. The molecule has 1 unspecified atom stereocenters. The van der Waals surface area contributed by atoms with Gasteiger partial charge >= 0.3 is 0 Å². The van der Waals surface area contributed by atoms with Crippen LogP contribution in [0.25, 0.3) is 0 Å². The van der Waals surface area contributed by atoms with Gasteiger partial charge in [0, 0.05) is 24.7 Å². The Labute approximate surface area is 190 Å². The summed E-state index contributed by atoms with van der Waals surface area (Å²) < 4.78 is 0. The average molecular weight is 419 g/mol. The van der Waals surface area contributed by atoms with Crippen molar-refractivity contribution in [3.63, 3.8) is 0 Å². The molecular formula is C29H42N2. The molecule has 2 aliphatic heterocycles. The van der Waals surface area contributed by atoms with Crippen molar-refractivity contribution < 1.29 is 0 Å². The molecule has 31 heavy (non-hydrogen) atoms. The predicted octanol–water partition coefficient (Wildman–Crippen LogP) is 6.96. The largest absolute Gasteiger partial charge is 0.371 e. The van der Waals surface area contributed by atoms with Crippen LogP contribution in [-0.4, -0.2) is 37.6 Å². The summed E-state index contributed by atoms with van der Waals surface area (Å²) in [4.78, 5) is 5.40. The van der Waals surface area contributed by atoms with Gasteiger partial charge in [0.15, 0.2) is 0 Å². The molecule has 2 heteroatoms. The van der Waals surface area contributed by atoms with Gasteiger partial charge in [0.25, 0.3) is 0 Å². The molecular weight excluding hydrogens is 376 g/mol. The first-order valence-corrected chi connectivity index (χ1v) is 12.6. The van der Waals surface area contributed by atoms with Crippen LogP contribution < -0.4 is 4.90 Å². The molecule has 0 spiro atoms. The van der Waals surface area contributed by atoms with E-state index in [9.17, 15) is 0 Å². The van der Waals surface area contributed by atoms with Gasteiger partial charge in [-0.15, -0.1) is 0 Å². The first kappa shape index (κ1) is 22.4. The lowest BCUT2D eigenvalue weighted by Crippen LogP contribution is -2.37. The van der Waals surface area contributed by atoms with Crippen LogP contribution in [0.1, 0.15) is 76.3 Å². The predicted molar refractivity (Wildman–Crippen MR) is 134 cm³/mol. The molecule has 1 fully saturated rings. The Hall–Kier alpha value is -1.80. The fourth-order valence-corrected chi connectivity index (χ4v) is 5.43. The molecule has 0 aliphatic carbocycles. The van der Waals surface area contributed by atoms with E-state index >= 15 is 0 Å². The topological polar surface area (TPSA) is 6.48 Å². The normalized spacial score (nSPS) is 21.0. The van der Waals surface area contributed by atoms with Crippen LogP contribution in [0.4, 0.5) is 5.69 Å². The van der Waals surface area contributed by atoms with Crippen LogP contribution >= 0.6 is 0 Å². The van der Waals surface area contributed by atoms with Crippen LogP contribution in [-0.2, 0) is 0 Å². The van der Waals surface area contributed by atoms with Crippen molar-refractivity contribution in [2.45, 2.75) is 65.2 Å². The third-order valence-electron chi connectivity index (χ3n) is 7.47. The van der Waals surface area contributed by atoms with E-state index in [0.717, 1.165) is 5.92 Å². The van der Waals surface area contributed by atoms with Crippen LogP contribution in [0.15, 0.2) is 54.6 Å². The lowest BCUT2D eigenvalue weighted by Gasteiger charge is -2.35. The minimum absolute atomic E-state index is 0.453. The van der Waals surface area contributed by atoms with Gasteiger partial charge in [-0.2, -0.15) is 0 Å². The summed E-state index contributed by atoms with van der Waals surface area (Å²) in [5.74, 6) is 1.43. The summed E-state index contributed by atoms with van der Waals surface area (Å²) in [7, 11) is 0. The molecule has 2 heterocycles. The third kappa shape index (κ3) is 6.13. The molecule has 2 nitrogen and oxygen atoms in total. The number of hydrogen-bond acceptors (Lipinski definition) is 2. The Morgan fingerprint density at radius 2 is 1.52 bits per heavy atom. The van der Waals surface area contributed by atoms with E-state index < -0.39 is 0 Å². The Balaban J connectivity index is 1.35. The molecule has 168 valence electrons. The maximum Gasteiger partial charge on any atom is 0.0405 e. The fourth-order valence-electron chi connectivity index (χ4n) is 5.43. The highest BCUT2D eigenvalue weighted by Crippen LogP contribution is 2.38. The van der Waals surface area contributed by atoms with Crippen molar-refractivity contribution in [3.05, 3.63) is 65.7 Å². The SMILES string of the molecule is CC(C)(C)CCN1CCC(CCN2CCCC(c3ccccc3)c3ccccc32)CC1. The lowest BCUT2D eigenvalue weighted by atomic mass is 9.87. The highest BCUT2D eigenvalue weighted by molar-refractivity contribution is 5.58. The van der Waals surface area contributed by atoms with E-state index in [1.165, 1.54) is 88.1 Å². The number of nitrogens with zero attached hydrogens (tertiary/aromatic N) is 2. The molecule has 0 aromatic heterocycles. The van der Waals surface area contributed by atoms with E-state index in [0.29, 0.717) is 11.3 Å². The van der Waals surface area contributed by atoms with Gasteiger partial charge in [0.1, 0.15) is 0 Å². The number of fused-ring (bicyclic) bond motifs is 1. The summed E-state index contributed by atoms with van der Waals surface area (Å²) >= 11 is 0. The highest BCUT2D eigenvalue weighted by Gasteiger charge is 2.25. The zero-order valence-electron chi connectivity index (χ0n) is 20.0. The second-order valence-electron chi connectivity index (χ2n) is 11.0. The van der Waals surface area contributed by atoms with Gasteiger partial charge in [-0.25, -0.2) is 0 Å². The van der Waals surface area contributed by atoms with Crippen molar-refractivity contribution in [1.29, 1.82) is 0 Å². The summed E-state index contributed by atoms with van der Waals surface area (Å²) in [6.07, 6.45) is 7.95. The van der Waals surface area contributed by atoms with Gasteiger partial charge in [-0.1, -0.05) is 69.3 Å². The van der Waals surface area contributed by atoms with Gasteiger partial charge in [0.2, 0.25) is 0 Å². The monoisotopic (exact) mass is 418 g/mol. The van der Waals surface area contributed by atoms with Crippen molar-refractivity contribution in [2.75, 3.05) is 37.6 Å². The van der Waals surface area contributed by atoms with E-state index in [-0.39, 0.29) is 0 Å². The lowest BCUT2D eigenvalue weighted by molar-refractivity contribution is 0.160. The highest BCUT2D eigenvalue weighted by atomic mass is 15.1. The first-order valence-electron chi connectivity index (χ1n) is 12.6. The summed E-state index contributed by atoms with van der Waals surface area (Å²) in [6.45, 7) is 13.4. The fraction of sp³-hybridized carbons (Fsp3) is 0.586. The molecule has 2 aromatic rings. The maximum atomic E-state index is 2.70. The molecule has 0 amide bonds. The minimum Gasteiger partial charge on any atom is -0.371 e. The molecule has 0 radical (unpaired) electrons. The van der Waals surface area contributed by atoms with Gasteiger partial charge < -0.3 is 9.80 Å². The average Bonchev–Trinajstić information content (AvgIpc) is 2.97. The smallest absolute Gasteiger partial charge is 0.0405 e. The zero-order chi connectivity index (χ0) is 21.7. The molecule has 0 N–H and O–H groups in total. The maximum absolute atomic E-state index is 2.70. The van der Waals surface area contributed by atoms with Gasteiger partial charge in [-0.05, 0) is 86.7 Å². The molecule has 4 rings (SSSR count). The number of piperidine rings is 1. The van der Waals surface area contributed by atoms with Crippen molar-refractivity contribution in [3.8, 4) is 0 Å². The van der Waals surface area contributed by atoms with E-state index in [2.05, 4.69) is 85.2 Å². The Kier molecular flexibility index (Phi) is 7.38. The molecule has 0 bridgehead atoms. The zero-order valence-corrected chi connectivity index (χ0v) is 20.0. The summed E-state index contributed by atoms with van der Waals surface area (Å²) in [5.41, 5.74) is 4.94. The first-order chi connectivity index (χ1) is 15.0. The summed E-state index contributed by atoms with van der Waals surface area (Å²) in [6, 6.07) is 20.3. The number of likely N-dealkylation sites (tertiary alicyclic amines) is 1. The number of hydrogen-bond donors (Lipinski definition) is 0. The van der Waals surface area contributed by atoms with Crippen molar-refractivity contribution >= 4 is 5.69 Å². The Morgan fingerprint density at radius 3 is 2.26 bits per heavy atom. The van der Waals surface area contributed by atoms with Crippen molar-refractivity contribution in [1.82, 2.24) is 4.90 Å². The minimum atomic E-state index is 0.453. The van der Waals surface area contributed by atoms with Crippen molar-refractivity contribution in [2.24, 2.45) is 11.3 Å². The standard InChI is InChI=1S/C29H42N2/c1-29(2,3)18-23-30-20-15-24(16-21-30)17-22-31-19-9-13-26(25-10-5-4-6-11-25)27-12-7-8-14-28(27)31/h4-8,10-12,14,24,26H,9,13,15-23H2,1-3H3. The molecule has 1 saturated heterocycles. The number of para-hydroxylation sites is 1. The van der Waals surface area contributed by atoms with E-state index in [4.69, 9.17) is 0 Å². The number of rotatable bonds is 6. The van der Waals surface area contributed by atoms with E-state index in [1.54, 1.807) is 0 Å². The van der Waals surface area contributed by atoms with Crippen LogP contribution in [0, 0.1) is 11.3 Å². The molecule has 0 saturated carbocycles. The second kappa shape index (κ2) is 10.2. The van der Waals surface area contributed by atoms with Gasteiger partial charge in [-0.3, -0.25) is 0 Å². The van der Waals surface area contributed by atoms with Crippen LogP contribution in [0.3, 0.4) is 0 Å². The molecule has 2 aromatic carbocycles. The number of anilines is 1. The second-order valence-corrected chi connectivity index (χ2v) is 11.0. The Bertz CT molecular complexity index is 799. The van der Waals surface area contributed by atoms with Crippen LogP contribution in [0.2, 0.25) is 0 Å². The molecule has 2 aliphatic rings. The number of benzene rings is 2. The van der Waals surface area contributed by atoms with E-state index in [1.807, 2.05) is 0 Å². The third-order valence-corrected chi connectivity index (χ3v) is 7.47. The van der Waals surface area contributed by atoms with Crippen LogP contribution in [0.5, 0.6) is 0 Å².